The zero-order chi connectivity index (χ0) is 13.2. The molecule has 0 radical (unpaired) electrons. The van der Waals surface area contributed by atoms with Crippen molar-refractivity contribution in [1.29, 1.82) is 0 Å². The lowest BCUT2D eigenvalue weighted by Crippen LogP contribution is -2.27. The molecule has 2 aromatic rings. The highest BCUT2D eigenvalue weighted by atomic mass is 32.1. The predicted molar refractivity (Wildman–Crippen MR) is 80.9 cm³/mol. The first kappa shape index (κ1) is 12.7. The summed E-state index contributed by atoms with van der Waals surface area (Å²) in [6.45, 7) is 2.26. The number of aromatic hydroxyl groups is 1. The van der Waals surface area contributed by atoms with Gasteiger partial charge in [0.15, 0.2) is 5.13 Å². The van der Waals surface area contributed by atoms with Crippen LogP contribution in [0.4, 0.5) is 5.13 Å². The molecule has 2 N–H and O–H groups in total. The van der Waals surface area contributed by atoms with Gasteiger partial charge in [-0.25, -0.2) is 4.98 Å². The van der Waals surface area contributed by atoms with E-state index in [4.69, 9.17) is 0 Å². The zero-order valence-electron chi connectivity index (χ0n) is 11.2. The summed E-state index contributed by atoms with van der Waals surface area (Å²) in [7, 11) is 0. The first-order valence-electron chi connectivity index (χ1n) is 7.08. The van der Waals surface area contributed by atoms with E-state index in [1.807, 2.05) is 6.07 Å². The van der Waals surface area contributed by atoms with E-state index in [-0.39, 0.29) is 0 Å². The average molecular weight is 276 g/mol. The number of benzene rings is 1. The Bertz CT molecular complexity index is 560. The highest BCUT2D eigenvalue weighted by molar-refractivity contribution is 7.22. The quantitative estimate of drug-likeness (QED) is 0.874. The van der Waals surface area contributed by atoms with Crippen molar-refractivity contribution in [2.45, 2.75) is 45.1 Å². The average Bonchev–Trinajstić information content (AvgIpc) is 2.81. The molecule has 0 bridgehead atoms. The maximum absolute atomic E-state index is 9.48. The van der Waals surface area contributed by atoms with Crippen molar-refractivity contribution in [3.63, 3.8) is 0 Å². The molecule has 0 spiro atoms. The van der Waals surface area contributed by atoms with Crippen LogP contribution in [0.5, 0.6) is 5.75 Å². The summed E-state index contributed by atoms with van der Waals surface area (Å²) < 4.78 is 1.04. The molecule has 1 aromatic carbocycles. The molecule has 1 saturated carbocycles. The Kier molecular flexibility index (Phi) is 3.60. The number of hydrogen-bond acceptors (Lipinski definition) is 4. The molecule has 0 unspecified atom stereocenters. The van der Waals surface area contributed by atoms with Crippen LogP contribution in [0.3, 0.4) is 0 Å². The van der Waals surface area contributed by atoms with Gasteiger partial charge in [-0.3, -0.25) is 0 Å². The molecule has 4 heteroatoms. The highest BCUT2D eigenvalue weighted by Crippen LogP contribution is 2.32. The van der Waals surface area contributed by atoms with Gasteiger partial charge in [0.25, 0.3) is 0 Å². The Balaban J connectivity index is 1.73. The van der Waals surface area contributed by atoms with Crippen molar-refractivity contribution < 1.29 is 5.11 Å². The number of rotatable bonds is 3. The van der Waals surface area contributed by atoms with E-state index in [0.717, 1.165) is 21.3 Å². The molecular formula is C15H20N2OS. The van der Waals surface area contributed by atoms with Crippen molar-refractivity contribution in [2.24, 2.45) is 5.92 Å². The summed E-state index contributed by atoms with van der Waals surface area (Å²) in [6.07, 6.45) is 6.79. The van der Waals surface area contributed by atoms with E-state index in [2.05, 4.69) is 17.2 Å². The number of thiazole rings is 1. The van der Waals surface area contributed by atoms with Crippen LogP contribution in [0.2, 0.25) is 0 Å². The molecule has 102 valence electrons. The summed E-state index contributed by atoms with van der Waals surface area (Å²) in [4.78, 5) is 4.58. The Hall–Kier alpha value is -1.29. The lowest BCUT2D eigenvalue weighted by Gasteiger charge is -2.28. The normalized spacial score (nSPS) is 18.6. The lowest BCUT2D eigenvalue weighted by molar-refractivity contribution is 0.328. The van der Waals surface area contributed by atoms with Crippen molar-refractivity contribution in [3.8, 4) is 5.75 Å². The second-order valence-corrected chi connectivity index (χ2v) is 6.53. The largest absolute Gasteiger partial charge is 0.508 e. The highest BCUT2D eigenvalue weighted by Gasteiger charge is 2.20. The van der Waals surface area contributed by atoms with Gasteiger partial charge in [-0.2, -0.15) is 0 Å². The Morgan fingerprint density at radius 1 is 1.32 bits per heavy atom. The molecule has 1 fully saturated rings. The first-order chi connectivity index (χ1) is 9.22. The second kappa shape index (κ2) is 5.37. The van der Waals surface area contributed by atoms with Crippen LogP contribution in [0.1, 0.15) is 39.0 Å². The molecule has 3 rings (SSSR count). The van der Waals surface area contributed by atoms with Crippen LogP contribution < -0.4 is 5.32 Å². The molecule has 1 aliphatic rings. The van der Waals surface area contributed by atoms with Gasteiger partial charge in [0, 0.05) is 6.04 Å². The molecule has 0 aliphatic heterocycles. The van der Waals surface area contributed by atoms with E-state index in [1.165, 1.54) is 32.1 Å². The summed E-state index contributed by atoms with van der Waals surface area (Å²) in [5, 5.41) is 14.0. The molecule has 1 atom stereocenters. The SMILES string of the molecule is C[C@@H](Nc1nc2ccc(O)cc2s1)C1CCCCC1. The molecule has 19 heavy (non-hydrogen) atoms. The smallest absolute Gasteiger partial charge is 0.184 e. The minimum Gasteiger partial charge on any atom is -0.508 e. The number of hydrogen-bond donors (Lipinski definition) is 2. The van der Waals surface area contributed by atoms with Gasteiger partial charge in [-0.15, -0.1) is 0 Å². The van der Waals surface area contributed by atoms with Crippen molar-refractivity contribution in [3.05, 3.63) is 18.2 Å². The number of fused-ring (bicyclic) bond motifs is 1. The van der Waals surface area contributed by atoms with Gasteiger partial charge in [0.2, 0.25) is 0 Å². The molecule has 0 saturated heterocycles. The second-order valence-electron chi connectivity index (χ2n) is 5.50. The summed E-state index contributed by atoms with van der Waals surface area (Å²) in [6, 6.07) is 5.83. The van der Waals surface area contributed by atoms with Crippen LogP contribution in [-0.2, 0) is 0 Å². The van der Waals surface area contributed by atoms with Crippen molar-refractivity contribution >= 4 is 26.7 Å². The topological polar surface area (TPSA) is 45.2 Å². The first-order valence-corrected chi connectivity index (χ1v) is 7.90. The van der Waals surface area contributed by atoms with Crippen molar-refractivity contribution in [2.75, 3.05) is 5.32 Å². The number of aromatic nitrogens is 1. The number of nitrogens with zero attached hydrogens (tertiary/aromatic N) is 1. The van der Waals surface area contributed by atoms with Gasteiger partial charge in [0.05, 0.1) is 10.2 Å². The fourth-order valence-electron chi connectivity index (χ4n) is 2.92. The van der Waals surface area contributed by atoms with E-state index in [1.54, 1.807) is 23.5 Å². The molecule has 0 amide bonds. The van der Waals surface area contributed by atoms with Gasteiger partial charge in [0.1, 0.15) is 5.75 Å². The molecule has 1 heterocycles. The van der Waals surface area contributed by atoms with Crippen LogP contribution in [0, 0.1) is 5.92 Å². The summed E-state index contributed by atoms with van der Waals surface area (Å²) >= 11 is 1.62. The summed E-state index contributed by atoms with van der Waals surface area (Å²) in [5.41, 5.74) is 0.959. The molecule has 1 aromatic heterocycles. The van der Waals surface area contributed by atoms with E-state index < -0.39 is 0 Å². The lowest BCUT2D eigenvalue weighted by atomic mass is 9.85. The van der Waals surface area contributed by atoms with Crippen LogP contribution in [0.15, 0.2) is 18.2 Å². The minimum absolute atomic E-state index is 0.308. The Morgan fingerprint density at radius 2 is 2.11 bits per heavy atom. The fraction of sp³-hybridized carbons (Fsp3) is 0.533. The Morgan fingerprint density at radius 3 is 2.89 bits per heavy atom. The standard InChI is InChI=1S/C15H20N2OS/c1-10(11-5-3-2-4-6-11)16-15-17-13-8-7-12(18)9-14(13)19-15/h7-11,18H,2-6H2,1H3,(H,16,17)/t10-/m1/s1. The van der Waals surface area contributed by atoms with E-state index in [9.17, 15) is 5.11 Å². The van der Waals surface area contributed by atoms with Gasteiger partial charge in [-0.1, -0.05) is 30.6 Å². The number of nitrogens with one attached hydrogen (secondary N) is 1. The van der Waals surface area contributed by atoms with Gasteiger partial charge < -0.3 is 10.4 Å². The maximum Gasteiger partial charge on any atom is 0.184 e. The number of phenols is 1. The van der Waals surface area contributed by atoms with Crippen LogP contribution >= 0.6 is 11.3 Å². The van der Waals surface area contributed by atoms with Gasteiger partial charge in [-0.05, 0) is 43.9 Å². The van der Waals surface area contributed by atoms with Gasteiger partial charge >= 0.3 is 0 Å². The number of anilines is 1. The monoisotopic (exact) mass is 276 g/mol. The third kappa shape index (κ3) is 2.84. The third-order valence-corrected chi connectivity index (χ3v) is 5.03. The molecule has 3 nitrogen and oxygen atoms in total. The molecular weight excluding hydrogens is 256 g/mol. The van der Waals surface area contributed by atoms with E-state index in [0.29, 0.717) is 11.8 Å². The van der Waals surface area contributed by atoms with E-state index >= 15 is 0 Å². The Labute approximate surface area is 117 Å². The van der Waals surface area contributed by atoms with Crippen LogP contribution in [-0.4, -0.2) is 16.1 Å². The van der Waals surface area contributed by atoms with Crippen molar-refractivity contribution in [1.82, 2.24) is 4.98 Å². The number of phenolic OH excluding ortho intramolecular Hbond substituents is 1. The maximum atomic E-state index is 9.48. The fourth-order valence-corrected chi connectivity index (χ4v) is 3.92. The predicted octanol–water partition coefficient (Wildman–Crippen LogP) is 4.38. The minimum atomic E-state index is 0.308. The zero-order valence-corrected chi connectivity index (χ0v) is 12.0. The summed E-state index contributed by atoms with van der Waals surface area (Å²) in [5.74, 6) is 1.08. The van der Waals surface area contributed by atoms with Crippen LogP contribution in [0.25, 0.3) is 10.2 Å². The third-order valence-electron chi connectivity index (χ3n) is 4.08. The molecule has 1 aliphatic carbocycles.